The Morgan fingerprint density at radius 2 is 1.87 bits per heavy atom. The number of anilines is 1. The number of halogens is 1. The van der Waals surface area contributed by atoms with E-state index in [9.17, 15) is 17.6 Å². The van der Waals surface area contributed by atoms with Crippen molar-refractivity contribution in [2.24, 2.45) is 0 Å². The average Bonchev–Trinajstić information content (AvgIpc) is 3.19. The molecule has 3 rings (SSSR count). The molecule has 0 aliphatic rings. The zero-order chi connectivity index (χ0) is 22.6. The van der Waals surface area contributed by atoms with E-state index in [4.69, 9.17) is 4.52 Å². The number of carbonyl (C=O) groups is 1. The van der Waals surface area contributed by atoms with Crippen LogP contribution in [-0.2, 0) is 21.4 Å². The summed E-state index contributed by atoms with van der Waals surface area (Å²) in [5.74, 6) is -0.805. The smallest absolute Gasteiger partial charge is 0.246 e. The Balaban J connectivity index is 1.76. The van der Waals surface area contributed by atoms with Crippen molar-refractivity contribution in [3.05, 3.63) is 65.8 Å². The lowest BCUT2D eigenvalue weighted by Crippen LogP contribution is -2.49. The second kappa shape index (κ2) is 9.25. The van der Waals surface area contributed by atoms with Gasteiger partial charge >= 0.3 is 0 Å². The fourth-order valence-electron chi connectivity index (χ4n) is 3.09. The average molecular weight is 447 g/mol. The van der Waals surface area contributed by atoms with E-state index >= 15 is 0 Å². The maximum Gasteiger partial charge on any atom is 0.246 e. The molecular formula is C21H23FN4O4S. The Morgan fingerprint density at radius 3 is 2.48 bits per heavy atom. The number of para-hydroxylation sites is 1. The molecule has 1 N–H and O–H groups in total. The van der Waals surface area contributed by atoms with Gasteiger partial charge in [0.15, 0.2) is 0 Å². The van der Waals surface area contributed by atoms with Gasteiger partial charge in [0.05, 0.1) is 18.5 Å². The van der Waals surface area contributed by atoms with Crippen molar-refractivity contribution in [2.75, 3.05) is 10.6 Å². The third-order valence-corrected chi connectivity index (χ3v) is 5.78. The van der Waals surface area contributed by atoms with Crippen LogP contribution in [0.1, 0.15) is 24.8 Å². The number of benzene rings is 2. The van der Waals surface area contributed by atoms with Crippen LogP contribution in [0.5, 0.6) is 0 Å². The van der Waals surface area contributed by atoms with Gasteiger partial charge in [0, 0.05) is 5.56 Å². The Morgan fingerprint density at radius 1 is 1.19 bits per heavy atom. The van der Waals surface area contributed by atoms with Crippen LogP contribution in [-0.4, -0.2) is 36.8 Å². The van der Waals surface area contributed by atoms with E-state index in [1.807, 2.05) is 31.2 Å². The summed E-state index contributed by atoms with van der Waals surface area (Å²) in [5, 5.41) is 6.50. The Labute approximate surface area is 180 Å². The molecule has 164 valence electrons. The number of nitrogens with zero attached hydrogens (tertiary/aromatic N) is 3. The first-order valence-corrected chi connectivity index (χ1v) is 11.5. The van der Waals surface area contributed by atoms with E-state index in [0.717, 1.165) is 27.8 Å². The maximum absolute atomic E-state index is 14.3. The molecule has 0 spiro atoms. The summed E-state index contributed by atoms with van der Waals surface area (Å²) in [7, 11) is -3.93. The predicted octanol–water partition coefficient (Wildman–Crippen LogP) is 3.05. The van der Waals surface area contributed by atoms with Gasteiger partial charge in [0.2, 0.25) is 27.6 Å². The molecule has 0 radical (unpaired) electrons. The van der Waals surface area contributed by atoms with E-state index in [2.05, 4.69) is 15.5 Å². The maximum atomic E-state index is 14.3. The van der Waals surface area contributed by atoms with Crippen molar-refractivity contribution in [1.29, 1.82) is 0 Å². The number of aryl methyl sites for hydroxylation is 1. The van der Waals surface area contributed by atoms with Gasteiger partial charge in [-0.3, -0.25) is 9.10 Å². The summed E-state index contributed by atoms with van der Waals surface area (Å²) in [4.78, 5) is 17.1. The Kier molecular flexibility index (Phi) is 6.69. The summed E-state index contributed by atoms with van der Waals surface area (Å²) in [5.41, 5.74) is 1.67. The summed E-state index contributed by atoms with van der Waals surface area (Å²) >= 11 is 0. The fourth-order valence-corrected chi connectivity index (χ4v) is 4.31. The van der Waals surface area contributed by atoms with E-state index < -0.39 is 27.8 Å². The molecule has 3 aromatic rings. The molecule has 8 nitrogen and oxygen atoms in total. The molecule has 1 amide bonds. The van der Waals surface area contributed by atoms with E-state index in [0.29, 0.717) is 5.82 Å². The molecular weight excluding hydrogens is 423 g/mol. The highest BCUT2D eigenvalue weighted by Crippen LogP contribution is 2.25. The number of hydrogen-bond donors (Lipinski definition) is 1. The number of hydrogen-bond acceptors (Lipinski definition) is 6. The largest absolute Gasteiger partial charge is 0.345 e. The first kappa shape index (κ1) is 22.4. The van der Waals surface area contributed by atoms with E-state index in [1.165, 1.54) is 18.2 Å². The standard InChI is InChI=1S/C21H23FN4O4S/c1-4-17(26(31(3,28)29)18-8-6-5-7-16(18)22)21(27)23-13-19-24-20(25-30-19)15-11-9-14(2)10-12-15/h5-12,17H,4,13H2,1-3H3,(H,23,27)/t17-/m1/s1. The van der Waals surface area contributed by atoms with Crippen molar-refractivity contribution in [2.45, 2.75) is 32.9 Å². The second-order valence-electron chi connectivity index (χ2n) is 7.03. The highest BCUT2D eigenvalue weighted by molar-refractivity contribution is 7.92. The van der Waals surface area contributed by atoms with Crippen LogP contribution >= 0.6 is 0 Å². The number of nitrogens with one attached hydrogen (secondary N) is 1. The van der Waals surface area contributed by atoms with Crippen LogP contribution in [0.3, 0.4) is 0 Å². The van der Waals surface area contributed by atoms with Gasteiger partial charge in [-0.25, -0.2) is 12.8 Å². The quantitative estimate of drug-likeness (QED) is 0.570. The van der Waals surface area contributed by atoms with Gasteiger partial charge in [-0.15, -0.1) is 0 Å². The fraction of sp³-hybridized carbons (Fsp3) is 0.286. The van der Waals surface area contributed by atoms with Crippen molar-refractivity contribution in [1.82, 2.24) is 15.5 Å². The third kappa shape index (κ3) is 5.26. The summed E-state index contributed by atoms with van der Waals surface area (Å²) in [6, 6.07) is 11.8. The number of sulfonamides is 1. The number of carbonyl (C=O) groups excluding carboxylic acids is 1. The highest BCUT2D eigenvalue weighted by atomic mass is 32.2. The molecule has 1 atom stereocenters. The number of aromatic nitrogens is 2. The van der Waals surface area contributed by atoms with Crippen LogP contribution < -0.4 is 9.62 Å². The minimum Gasteiger partial charge on any atom is -0.345 e. The molecule has 0 unspecified atom stereocenters. The molecule has 31 heavy (non-hydrogen) atoms. The summed E-state index contributed by atoms with van der Waals surface area (Å²) in [6.45, 7) is 3.51. The minimum absolute atomic E-state index is 0.0942. The highest BCUT2D eigenvalue weighted by Gasteiger charge is 2.33. The van der Waals surface area contributed by atoms with Crippen LogP contribution in [0.25, 0.3) is 11.4 Å². The first-order valence-electron chi connectivity index (χ1n) is 9.62. The molecule has 0 aliphatic heterocycles. The zero-order valence-electron chi connectivity index (χ0n) is 17.4. The van der Waals surface area contributed by atoms with Gasteiger partial charge in [-0.1, -0.05) is 54.0 Å². The van der Waals surface area contributed by atoms with Gasteiger partial charge in [0.25, 0.3) is 0 Å². The predicted molar refractivity (Wildman–Crippen MR) is 114 cm³/mol. The van der Waals surface area contributed by atoms with Crippen LogP contribution in [0.15, 0.2) is 53.1 Å². The molecule has 1 heterocycles. The molecule has 1 aromatic heterocycles. The third-order valence-electron chi connectivity index (χ3n) is 4.61. The van der Waals surface area contributed by atoms with Gasteiger partial charge < -0.3 is 9.84 Å². The molecule has 0 bridgehead atoms. The summed E-state index contributed by atoms with van der Waals surface area (Å²) < 4.78 is 45.0. The van der Waals surface area contributed by atoms with Crippen molar-refractivity contribution < 1.29 is 22.1 Å². The molecule has 0 aliphatic carbocycles. The van der Waals surface area contributed by atoms with Gasteiger partial charge in [-0.05, 0) is 25.5 Å². The van der Waals surface area contributed by atoms with Gasteiger partial charge in [-0.2, -0.15) is 4.98 Å². The number of rotatable bonds is 8. The lowest BCUT2D eigenvalue weighted by Gasteiger charge is -2.30. The molecule has 2 aromatic carbocycles. The lowest BCUT2D eigenvalue weighted by molar-refractivity contribution is -0.122. The normalized spacial score (nSPS) is 12.4. The van der Waals surface area contributed by atoms with E-state index in [-0.39, 0.29) is 24.5 Å². The topological polar surface area (TPSA) is 105 Å². The van der Waals surface area contributed by atoms with E-state index in [1.54, 1.807) is 6.92 Å². The first-order chi connectivity index (χ1) is 14.7. The Bertz CT molecular complexity index is 1160. The molecule has 0 saturated carbocycles. The second-order valence-corrected chi connectivity index (χ2v) is 8.89. The number of amides is 1. The van der Waals surface area contributed by atoms with Crippen molar-refractivity contribution in [3.8, 4) is 11.4 Å². The van der Waals surface area contributed by atoms with Crippen LogP contribution in [0.2, 0.25) is 0 Å². The van der Waals surface area contributed by atoms with Crippen molar-refractivity contribution >= 4 is 21.6 Å². The monoisotopic (exact) mass is 446 g/mol. The molecule has 10 heteroatoms. The summed E-state index contributed by atoms with van der Waals surface area (Å²) in [6.07, 6.45) is 1.06. The van der Waals surface area contributed by atoms with Gasteiger partial charge in [0.1, 0.15) is 11.9 Å². The molecule has 0 fully saturated rings. The Hall–Kier alpha value is -3.27. The molecule has 0 saturated heterocycles. The lowest BCUT2D eigenvalue weighted by atomic mass is 10.1. The SMILES string of the molecule is CC[C@H](C(=O)NCc1nc(-c2ccc(C)cc2)no1)N(c1ccccc1F)S(C)(=O)=O. The van der Waals surface area contributed by atoms with Crippen LogP contribution in [0.4, 0.5) is 10.1 Å². The van der Waals surface area contributed by atoms with Crippen LogP contribution in [0, 0.1) is 12.7 Å². The zero-order valence-corrected chi connectivity index (χ0v) is 18.2. The minimum atomic E-state index is -3.93. The van der Waals surface area contributed by atoms with Crippen molar-refractivity contribution in [3.63, 3.8) is 0 Å².